The molecule has 88 valence electrons. The van der Waals surface area contributed by atoms with Gasteiger partial charge in [-0.2, -0.15) is 0 Å². The Kier molecular flexibility index (Phi) is 3.97. The Hall–Kier alpha value is -0.160. The molecular weight excluding hydrogens is 192 g/mol. The Bertz CT molecular complexity index is 181. The van der Waals surface area contributed by atoms with Gasteiger partial charge in [0.25, 0.3) is 0 Å². The lowest BCUT2D eigenvalue weighted by Crippen LogP contribution is -2.38. The second-order valence-corrected chi connectivity index (χ2v) is 4.74. The summed E-state index contributed by atoms with van der Waals surface area (Å²) in [6, 6.07) is 0.217. The second kappa shape index (κ2) is 5.25. The van der Waals surface area contributed by atoms with Gasteiger partial charge in [0.2, 0.25) is 0 Å². The highest BCUT2D eigenvalue weighted by molar-refractivity contribution is 4.81. The number of rotatable bonds is 4. The fourth-order valence-electron chi connectivity index (χ4n) is 2.32. The van der Waals surface area contributed by atoms with Gasteiger partial charge in [-0.05, 0) is 19.3 Å². The molecule has 0 amide bonds. The first-order valence-electron chi connectivity index (χ1n) is 5.93. The number of nitrogens with two attached hydrogens (primary N) is 1. The number of hydrogen-bond donors (Lipinski definition) is 2. The van der Waals surface area contributed by atoms with E-state index in [9.17, 15) is 0 Å². The van der Waals surface area contributed by atoms with Gasteiger partial charge >= 0.3 is 0 Å². The molecule has 0 aromatic carbocycles. The minimum absolute atomic E-state index is 0.217. The van der Waals surface area contributed by atoms with E-state index in [1.807, 2.05) is 0 Å². The van der Waals surface area contributed by atoms with Gasteiger partial charge in [-0.25, -0.2) is 0 Å². The van der Waals surface area contributed by atoms with Crippen LogP contribution in [0, 0.1) is 11.8 Å². The summed E-state index contributed by atoms with van der Waals surface area (Å²) in [7, 11) is 0. The molecule has 2 saturated heterocycles. The van der Waals surface area contributed by atoms with Crippen molar-refractivity contribution in [2.45, 2.75) is 25.5 Å². The van der Waals surface area contributed by atoms with Gasteiger partial charge in [0.1, 0.15) is 0 Å². The predicted octanol–water partition coefficient (Wildman–Crippen LogP) is -0.0253. The maximum Gasteiger partial charge on any atom is 0.0621 e. The van der Waals surface area contributed by atoms with Crippen LogP contribution in [-0.2, 0) is 9.47 Å². The third-order valence-corrected chi connectivity index (χ3v) is 3.59. The fourth-order valence-corrected chi connectivity index (χ4v) is 2.32. The molecule has 2 heterocycles. The van der Waals surface area contributed by atoms with E-state index < -0.39 is 0 Å². The maximum atomic E-state index is 5.91. The van der Waals surface area contributed by atoms with Crippen LogP contribution in [0.4, 0.5) is 0 Å². The monoisotopic (exact) mass is 214 g/mol. The van der Waals surface area contributed by atoms with E-state index in [1.54, 1.807) is 0 Å². The van der Waals surface area contributed by atoms with Crippen molar-refractivity contribution in [2.24, 2.45) is 17.6 Å². The van der Waals surface area contributed by atoms with Gasteiger partial charge in [0.15, 0.2) is 0 Å². The quantitative estimate of drug-likeness (QED) is 0.690. The Morgan fingerprint density at radius 2 is 2.07 bits per heavy atom. The topological polar surface area (TPSA) is 56.5 Å². The molecule has 0 spiro atoms. The zero-order valence-corrected chi connectivity index (χ0v) is 9.45. The lowest BCUT2D eigenvalue weighted by molar-refractivity contribution is 0.105. The van der Waals surface area contributed by atoms with Crippen molar-refractivity contribution in [2.75, 3.05) is 32.9 Å². The highest BCUT2D eigenvalue weighted by Crippen LogP contribution is 2.19. The molecule has 2 aliphatic heterocycles. The molecule has 0 aliphatic carbocycles. The molecule has 0 aromatic rings. The van der Waals surface area contributed by atoms with E-state index in [-0.39, 0.29) is 6.04 Å². The average molecular weight is 214 g/mol. The van der Waals surface area contributed by atoms with Crippen LogP contribution in [0.1, 0.15) is 13.3 Å². The molecule has 4 unspecified atom stereocenters. The van der Waals surface area contributed by atoms with Crippen LogP contribution in [0.25, 0.3) is 0 Å². The summed E-state index contributed by atoms with van der Waals surface area (Å²) >= 11 is 0. The van der Waals surface area contributed by atoms with Crippen molar-refractivity contribution in [1.29, 1.82) is 0 Å². The first-order valence-corrected chi connectivity index (χ1v) is 5.93. The van der Waals surface area contributed by atoms with Crippen molar-refractivity contribution < 1.29 is 9.47 Å². The first kappa shape index (κ1) is 11.3. The van der Waals surface area contributed by atoms with Crippen LogP contribution < -0.4 is 11.1 Å². The normalized spacial score (nSPS) is 41.2. The molecular formula is C11H22N2O2. The summed E-state index contributed by atoms with van der Waals surface area (Å²) in [6.07, 6.45) is 1.59. The van der Waals surface area contributed by atoms with E-state index >= 15 is 0 Å². The summed E-state index contributed by atoms with van der Waals surface area (Å²) in [4.78, 5) is 0. The molecule has 2 rings (SSSR count). The second-order valence-electron chi connectivity index (χ2n) is 4.74. The third kappa shape index (κ3) is 2.91. The average Bonchev–Trinajstić information content (AvgIpc) is 2.78. The van der Waals surface area contributed by atoms with Gasteiger partial charge in [-0.1, -0.05) is 0 Å². The zero-order valence-electron chi connectivity index (χ0n) is 9.45. The lowest BCUT2D eigenvalue weighted by atomic mass is 10.0. The number of nitrogens with one attached hydrogen (secondary N) is 1. The first-order chi connectivity index (χ1) is 7.27. The summed E-state index contributed by atoms with van der Waals surface area (Å²) in [5, 5.41) is 3.49. The van der Waals surface area contributed by atoms with E-state index in [0.29, 0.717) is 17.9 Å². The summed E-state index contributed by atoms with van der Waals surface area (Å²) in [5.41, 5.74) is 5.91. The Morgan fingerprint density at radius 3 is 2.67 bits per heavy atom. The molecule has 2 aliphatic rings. The van der Waals surface area contributed by atoms with Crippen molar-refractivity contribution in [1.82, 2.24) is 5.32 Å². The Balaban J connectivity index is 1.62. The summed E-state index contributed by atoms with van der Waals surface area (Å²) in [5.74, 6) is 1.16. The van der Waals surface area contributed by atoms with Crippen molar-refractivity contribution >= 4 is 0 Å². The van der Waals surface area contributed by atoms with Crippen LogP contribution >= 0.6 is 0 Å². The third-order valence-electron chi connectivity index (χ3n) is 3.59. The minimum Gasteiger partial charge on any atom is -0.379 e. The summed E-state index contributed by atoms with van der Waals surface area (Å²) < 4.78 is 10.8. The van der Waals surface area contributed by atoms with Crippen LogP contribution in [0.3, 0.4) is 0 Å². The van der Waals surface area contributed by atoms with E-state index in [4.69, 9.17) is 15.2 Å². The minimum atomic E-state index is 0.217. The molecule has 0 aromatic heterocycles. The molecule has 4 atom stereocenters. The lowest BCUT2D eigenvalue weighted by Gasteiger charge is -2.18. The summed E-state index contributed by atoms with van der Waals surface area (Å²) in [6.45, 7) is 6.62. The largest absolute Gasteiger partial charge is 0.379 e. The SMILES string of the molecule is CC1OCCC1CNCC1COCC1N. The Labute approximate surface area is 91.5 Å². The molecule has 2 fully saturated rings. The van der Waals surface area contributed by atoms with Crippen LogP contribution in [-0.4, -0.2) is 45.1 Å². The maximum absolute atomic E-state index is 5.91. The van der Waals surface area contributed by atoms with Gasteiger partial charge in [-0.3, -0.25) is 0 Å². The highest BCUT2D eigenvalue weighted by atomic mass is 16.5. The van der Waals surface area contributed by atoms with E-state index in [2.05, 4.69) is 12.2 Å². The molecule has 3 N–H and O–H groups in total. The molecule has 0 bridgehead atoms. The molecule has 4 nitrogen and oxygen atoms in total. The van der Waals surface area contributed by atoms with E-state index in [1.165, 1.54) is 6.42 Å². The van der Waals surface area contributed by atoms with Crippen molar-refractivity contribution in [3.05, 3.63) is 0 Å². The van der Waals surface area contributed by atoms with Gasteiger partial charge < -0.3 is 20.5 Å². The van der Waals surface area contributed by atoms with Crippen molar-refractivity contribution in [3.63, 3.8) is 0 Å². The van der Waals surface area contributed by atoms with Crippen LogP contribution in [0.15, 0.2) is 0 Å². The number of hydrogen-bond acceptors (Lipinski definition) is 4. The predicted molar refractivity (Wildman–Crippen MR) is 58.7 cm³/mol. The van der Waals surface area contributed by atoms with E-state index in [0.717, 1.165) is 32.9 Å². The zero-order chi connectivity index (χ0) is 10.7. The smallest absolute Gasteiger partial charge is 0.0621 e. The molecule has 4 heteroatoms. The van der Waals surface area contributed by atoms with Crippen LogP contribution in [0.5, 0.6) is 0 Å². The van der Waals surface area contributed by atoms with Gasteiger partial charge in [0.05, 0.1) is 19.3 Å². The van der Waals surface area contributed by atoms with Crippen molar-refractivity contribution in [3.8, 4) is 0 Å². The fraction of sp³-hybridized carbons (Fsp3) is 1.00. The van der Waals surface area contributed by atoms with Crippen LogP contribution in [0.2, 0.25) is 0 Å². The van der Waals surface area contributed by atoms with Gasteiger partial charge in [0, 0.05) is 31.7 Å². The Morgan fingerprint density at radius 1 is 1.27 bits per heavy atom. The number of ether oxygens (including phenoxy) is 2. The van der Waals surface area contributed by atoms with Gasteiger partial charge in [-0.15, -0.1) is 0 Å². The molecule has 0 radical (unpaired) electrons. The molecule has 15 heavy (non-hydrogen) atoms. The highest BCUT2D eigenvalue weighted by Gasteiger charge is 2.26. The molecule has 0 saturated carbocycles. The standard InChI is InChI=1S/C11H22N2O2/c1-8-9(2-3-15-8)4-13-5-10-6-14-7-11(10)12/h8-11,13H,2-7,12H2,1H3.